The summed E-state index contributed by atoms with van der Waals surface area (Å²) in [5, 5.41) is 36.9. The Morgan fingerprint density at radius 1 is 1.11 bits per heavy atom. The van der Waals surface area contributed by atoms with Crippen molar-refractivity contribution in [2.24, 2.45) is 10.2 Å². The highest BCUT2D eigenvalue weighted by Crippen LogP contribution is 2.32. The Bertz CT molecular complexity index is 1470. The van der Waals surface area contributed by atoms with Crippen molar-refractivity contribution in [1.82, 2.24) is 4.57 Å². The second-order valence-corrected chi connectivity index (χ2v) is 9.43. The minimum Gasteiger partial charge on any atom is -0.493 e. The van der Waals surface area contributed by atoms with Gasteiger partial charge in [-0.15, -0.1) is 5.11 Å². The van der Waals surface area contributed by atoms with E-state index in [1.807, 2.05) is 19.1 Å². The number of aliphatic hydroxyl groups is 1. The Morgan fingerprint density at radius 3 is 2.47 bits per heavy atom. The molecule has 0 fully saturated rings. The fourth-order valence-corrected chi connectivity index (χ4v) is 4.36. The number of sulfonamides is 1. The van der Waals surface area contributed by atoms with Crippen LogP contribution in [0.2, 0.25) is 0 Å². The van der Waals surface area contributed by atoms with Crippen LogP contribution in [0.1, 0.15) is 16.7 Å². The maximum atomic E-state index is 12.7. The number of aryl methyl sites for hydroxylation is 1. The van der Waals surface area contributed by atoms with E-state index in [4.69, 9.17) is 9.84 Å². The summed E-state index contributed by atoms with van der Waals surface area (Å²) in [6, 6.07) is 14.4. The summed E-state index contributed by atoms with van der Waals surface area (Å²) in [5.74, 6) is -0.491. The van der Waals surface area contributed by atoms with Gasteiger partial charge in [0.15, 0.2) is 5.69 Å². The van der Waals surface area contributed by atoms with E-state index in [0.717, 1.165) is 10.1 Å². The van der Waals surface area contributed by atoms with Crippen LogP contribution in [-0.4, -0.2) is 43.0 Å². The molecule has 1 heterocycles. The minimum atomic E-state index is -3.82. The number of anilines is 1. The van der Waals surface area contributed by atoms with E-state index in [0.29, 0.717) is 5.69 Å². The molecule has 0 atom stereocenters. The van der Waals surface area contributed by atoms with E-state index in [9.17, 15) is 23.6 Å². The van der Waals surface area contributed by atoms with Gasteiger partial charge in [0.05, 0.1) is 36.9 Å². The second kappa shape index (κ2) is 11.6. The first-order valence-corrected chi connectivity index (χ1v) is 12.3. The van der Waals surface area contributed by atoms with Crippen LogP contribution in [0.15, 0.2) is 68.4 Å². The number of rotatable bonds is 10. The quantitative estimate of drug-likeness (QED) is 0.277. The molecule has 0 radical (unpaired) electrons. The van der Waals surface area contributed by atoms with Gasteiger partial charge in [-0.3, -0.25) is 14.1 Å². The van der Waals surface area contributed by atoms with Gasteiger partial charge in [0.1, 0.15) is 11.6 Å². The van der Waals surface area contributed by atoms with Crippen molar-refractivity contribution in [3.63, 3.8) is 0 Å². The monoisotopic (exact) mass is 511 g/mol. The Balaban J connectivity index is 1.86. The molecule has 3 N–H and O–H groups in total. The molecule has 0 aliphatic rings. The van der Waals surface area contributed by atoms with Gasteiger partial charge in [0.2, 0.25) is 5.88 Å². The summed E-state index contributed by atoms with van der Waals surface area (Å²) < 4.78 is 34.0. The van der Waals surface area contributed by atoms with Crippen molar-refractivity contribution in [2.75, 3.05) is 24.5 Å². The molecule has 0 aliphatic heterocycles. The number of ether oxygens (including phenoxy) is 1. The number of azo groups is 1. The van der Waals surface area contributed by atoms with Crippen LogP contribution in [0.3, 0.4) is 0 Å². The van der Waals surface area contributed by atoms with E-state index in [1.165, 1.54) is 31.2 Å². The van der Waals surface area contributed by atoms with Crippen LogP contribution in [0, 0.1) is 25.2 Å². The van der Waals surface area contributed by atoms with Crippen molar-refractivity contribution < 1.29 is 23.4 Å². The highest BCUT2D eigenvalue weighted by molar-refractivity contribution is 7.92. The Morgan fingerprint density at radius 2 is 1.83 bits per heavy atom. The van der Waals surface area contributed by atoms with Crippen LogP contribution in [-0.2, 0) is 21.3 Å². The average Bonchev–Trinajstić information content (AvgIpc) is 2.84. The Hall–Kier alpha value is -4.05. The second-order valence-electron chi connectivity index (χ2n) is 7.75. The largest absolute Gasteiger partial charge is 0.493 e. The molecule has 2 aromatic carbocycles. The fraction of sp³-hybridized carbons (Fsp3) is 0.250. The number of nitrogens with one attached hydrogen (secondary N) is 1. The van der Waals surface area contributed by atoms with E-state index >= 15 is 0 Å². The fourth-order valence-electron chi connectivity index (χ4n) is 3.31. The normalized spacial score (nSPS) is 11.5. The van der Waals surface area contributed by atoms with Crippen LogP contribution in [0.25, 0.3) is 0 Å². The topological polar surface area (TPSA) is 166 Å². The van der Waals surface area contributed by atoms with Gasteiger partial charge < -0.3 is 14.9 Å². The molecule has 0 saturated carbocycles. The molecule has 0 unspecified atom stereocenters. The molecular formula is C24H25N5O6S. The summed E-state index contributed by atoms with van der Waals surface area (Å²) >= 11 is 0. The lowest BCUT2D eigenvalue weighted by molar-refractivity contribution is 0.0854. The minimum absolute atomic E-state index is 0.0187. The summed E-state index contributed by atoms with van der Waals surface area (Å²) in [4.78, 5) is 12.6. The number of nitriles is 1. The molecule has 36 heavy (non-hydrogen) atoms. The summed E-state index contributed by atoms with van der Waals surface area (Å²) in [6.45, 7) is 3.14. The number of nitrogens with zero attached hydrogens (tertiary/aromatic N) is 4. The summed E-state index contributed by atoms with van der Waals surface area (Å²) in [7, 11) is -3.82. The lowest BCUT2D eigenvalue weighted by Gasteiger charge is -2.13. The van der Waals surface area contributed by atoms with Gasteiger partial charge in [-0.2, -0.15) is 10.4 Å². The molecule has 0 saturated heterocycles. The molecular weight excluding hydrogens is 486 g/mol. The first-order chi connectivity index (χ1) is 17.2. The number of pyridine rings is 1. The Kier molecular flexibility index (Phi) is 8.55. The van der Waals surface area contributed by atoms with Crippen molar-refractivity contribution in [3.05, 3.63) is 75.6 Å². The predicted molar refractivity (Wildman–Crippen MR) is 132 cm³/mol. The van der Waals surface area contributed by atoms with Gasteiger partial charge in [-0.1, -0.05) is 12.1 Å². The van der Waals surface area contributed by atoms with Gasteiger partial charge in [0.25, 0.3) is 15.6 Å². The number of benzene rings is 2. The number of aromatic hydroxyl groups is 1. The third-order valence-electron chi connectivity index (χ3n) is 5.15. The lowest BCUT2D eigenvalue weighted by Crippen LogP contribution is -2.26. The standard InChI is InChI=1S/C24H25N5O6S/c1-16-4-3-5-19(14-16)28-36(33,34)20-8-6-18(7-9-20)26-27-22-17(2)21(15-25)23(31)29(24(22)32)10-12-35-13-11-30/h3-9,14,28,30,32H,10-13H2,1-2H3/b27-26+. The highest BCUT2D eigenvalue weighted by atomic mass is 32.2. The van der Waals surface area contributed by atoms with E-state index in [-0.39, 0.29) is 53.8 Å². The predicted octanol–water partition coefficient (Wildman–Crippen LogP) is 3.27. The zero-order valence-corrected chi connectivity index (χ0v) is 20.5. The molecule has 0 aliphatic carbocycles. The molecule has 0 bridgehead atoms. The smallest absolute Gasteiger partial charge is 0.271 e. The van der Waals surface area contributed by atoms with Gasteiger partial charge >= 0.3 is 0 Å². The third-order valence-corrected chi connectivity index (χ3v) is 6.54. The van der Waals surface area contributed by atoms with Gasteiger partial charge in [0, 0.05) is 11.3 Å². The van der Waals surface area contributed by atoms with Crippen molar-refractivity contribution in [1.29, 1.82) is 5.26 Å². The van der Waals surface area contributed by atoms with Gasteiger partial charge in [-0.25, -0.2) is 8.42 Å². The molecule has 1 aromatic heterocycles. The number of hydrogen-bond acceptors (Lipinski definition) is 9. The first kappa shape index (κ1) is 26.6. The maximum absolute atomic E-state index is 12.7. The SMILES string of the molecule is Cc1cccc(NS(=O)(=O)c2ccc(/N=N/c3c(C)c(C#N)c(=O)n(CCOCCO)c3O)cc2)c1. The number of aliphatic hydroxyl groups excluding tert-OH is 1. The van der Waals surface area contributed by atoms with Crippen molar-refractivity contribution in [3.8, 4) is 11.9 Å². The van der Waals surface area contributed by atoms with E-state index in [2.05, 4.69) is 15.0 Å². The van der Waals surface area contributed by atoms with Gasteiger partial charge in [-0.05, 0) is 55.8 Å². The molecule has 0 spiro atoms. The van der Waals surface area contributed by atoms with E-state index in [1.54, 1.807) is 18.2 Å². The number of hydrogen-bond donors (Lipinski definition) is 3. The summed E-state index contributed by atoms with van der Waals surface area (Å²) in [6.07, 6.45) is 0. The first-order valence-electron chi connectivity index (χ1n) is 10.8. The van der Waals surface area contributed by atoms with Crippen LogP contribution >= 0.6 is 0 Å². The van der Waals surface area contributed by atoms with E-state index < -0.39 is 21.5 Å². The highest BCUT2D eigenvalue weighted by Gasteiger charge is 2.19. The van der Waals surface area contributed by atoms with Crippen molar-refractivity contribution >= 4 is 27.1 Å². The average molecular weight is 512 g/mol. The van der Waals surface area contributed by atoms with Crippen LogP contribution in [0.4, 0.5) is 17.1 Å². The Labute approximate surface area is 208 Å². The lowest BCUT2D eigenvalue weighted by atomic mass is 10.1. The zero-order valence-electron chi connectivity index (χ0n) is 19.7. The van der Waals surface area contributed by atoms with Crippen molar-refractivity contribution in [2.45, 2.75) is 25.3 Å². The third kappa shape index (κ3) is 6.14. The molecule has 12 heteroatoms. The molecule has 3 rings (SSSR count). The number of aromatic nitrogens is 1. The molecule has 3 aromatic rings. The maximum Gasteiger partial charge on any atom is 0.271 e. The molecule has 0 amide bonds. The molecule has 188 valence electrons. The van der Waals surface area contributed by atoms with Crippen LogP contribution < -0.4 is 10.3 Å². The van der Waals surface area contributed by atoms with Crippen LogP contribution in [0.5, 0.6) is 5.88 Å². The summed E-state index contributed by atoms with van der Waals surface area (Å²) in [5.41, 5.74) is 0.806. The molecule has 11 nitrogen and oxygen atoms in total. The zero-order chi connectivity index (χ0) is 26.3.